The second kappa shape index (κ2) is 3.84. The molecule has 1 fully saturated rings. The Labute approximate surface area is 107 Å². The van der Waals surface area contributed by atoms with Crippen LogP contribution < -0.4 is 0 Å². The molecular formula is C16H16O2. The largest absolute Gasteiger partial charge is 0.468 e. The molecule has 0 saturated heterocycles. The molecular weight excluding hydrogens is 224 g/mol. The molecule has 0 radical (unpaired) electrons. The van der Waals surface area contributed by atoms with Gasteiger partial charge in [-0.2, -0.15) is 0 Å². The van der Waals surface area contributed by atoms with Crippen molar-refractivity contribution < 1.29 is 9.53 Å². The summed E-state index contributed by atoms with van der Waals surface area (Å²) in [6.45, 7) is 2.10. The summed E-state index contributed by atoms with van der Waals surface area (Å²) in [6.07, 6.45) is 0.887. The number of esters is 1. The standard InChI is InChI=1S/C16H16O2/c1-11-10-16(11,15(17)18-2)14-8-7-12-5-3-4-6-13(12)9-14/h3-9,11H,10H2,1-2H3. The van der Waals surface area contributed by atoms with Crippen molar-refractivity contribution in [1.29, 1.82) is 0 Å². The Hall–Kier alpha value is -1.83. The highest BCUT2D eigenvalue weighted by atomic mass is 16.5. The maximum absolute atomic E-state index is 12.0. The van der Waals surface area contributed by atoms with E-state index in [9.17, 15) is 4.79 Å². The molecule has 1 aliphatic carbocycles. The van der Waals surface area contributed by atoms with Crippen LogP contribution in [0, 0.1) is 5.92 Å². The number of ether oxygens (including phenoxy) is 1. The first-order chi connectivity index (χ1) is 8.68. The number of rotatable bonds is 2. The van der Waals surface area contributed by atoms with Crippen molar-refractivity contribution in [3.8, 4) is 0 Å². The van der Waals surface area contributed by atoms with Gasteiger partial charge in [0.2, 0.25) is 0 Å². The van der Waals surface area contributed by atoms with Crippen LogP contribution in [0.15, 0.2) is 42.5 Å². The molecule has 0 N–H and O–H groups in total. The fourth-order valence-electron chi connectivity index (χ4n) is 2.88. The van der Waals surface area contributed by atoms with Crippen LogP contribution in [0.2, 0.25) is 0 Å². The molecule has 0 aromatic heterocycles. The smallest absolute Gasteiger partial charge is 0.316 e. The van der Waals surface area contributed by atoms with E-state index in [0.29, 0.717) is 5.92 Å². The minimum absolute atomic E-state index is 0.106. The average molecular weight is 240 g/mol. The molecule has 92 valence electrons. The molecule has 2 unspecified atom stereocenters. The number of hydrogen-bond acceptors (Lipinski definition) is 2. The average Bonchev–Trinajstić information content (AvgIpc) is 3.10. The second-order valence-electron chi connectivity index (χ2n) is 5.13. The molecule has 2 atom stereocenters. The van der Waals surface area contributed by atoms with Gasteiger partial charge in [-0.15, -0.1) is 0 Å². The van der Waals surface area contributed by atoms with Crippen molar-refractivity contribution in [2.75, 3.05) is 7.11 Å². The van der Waals surface area contributed by atoms with Crippen LogP contribution in [0.25, 0.3) is 10.8 Å². The highest BCUT2D eigenvalue weighted by molar-refractivity contribution is 5.90. The summed E-state index contributed by atoms with van der Waals surface area (Å²) < 4.78 is 4.98. The number of carbonyl (C=O) groups is 1. The van der Waals surface area contributed by atoms with Gasteiger partial charge in [0.15, 0.2) is 0 Å². The molecule has 2 nitrogen and oxygen atoms in total. The van der Waals surface area contributed by atoms with E-state index in [4.69, 9.17) is 4.74 Å². The minimum Gasteiger partial charge on any atom is -0.468 e. The summed E-state index contributed by atoms with van der Waals surface area (Å²) in [7, 11) is 1.47. The predicted molar refractivity (Wildman–Crippen MR) is 71.4 cm³/mol. The number of methoxy groups -OCH3 is 1. The Morgan fingerprint density at radius 3 is 2.50 bits per heavy atom. The first kappa shape index (κ1) is 11.3. The summed E-state index contributed by atoms with van der Waals surface area (Å²) in [5, 5.41) is 2.38. The van der Waals surface area contributed by atoms with Crippen molar-refractivity contribution in [3.05, 3.63) is 48.0 Å². The highest BCUT2D eigenvalue weighted by Gasteiger charge is 2.59. The van der Waals surface area contributed by atoms with Crippen LogP contribution in [-0.4, -0.2) is 13.1 Å². The molecule has 0 aliphatic heterocycles. The lowest BCUT2D eigenvalue weighted by Crippen LogP contribution is -2.23. The van der Waals surface area contributed by atoms with E-state index in [2.05, 4.69) is 37.3 Å². The first-order valence-corrected chi connectivity index (χ1v) is 6.26. The zero-order valence-electron chi connectivity index (χ0n) is 10.6. The number of benzene rings is 2. The molecule has 0 spiro atoms. The van der Waals surface area contributed by atoms with Crippen LogP contribution >= 0.6 is 0 Å². The topological polar surface area (TPSA) is 26.3 Å². The van der Waals surface area contributed by atoms with E-state index in [-0.39, 0.29) is 5.97 Å². The van der Waals surface area contributed by atoms with Crippen LogP contribution in [0.1, 0.15) is 18.9 Å². The third-order valence-electron chi connectivity index (χ3n) is 4.12. The van der Waals surface area contributed by atoms with Crippen molar-refractivity contribution in [2.45, 2.75) is 18.8 Å². The molecule has 0 amide bonds. The van der Waals surface area contributed by atoms with Gasteiger partial charge in [0, 0.05) is 0 Å². The third kappa shape index (κ3) is 1.45. The quantitative estimate of drug-likeness (QED) is 0.753. The molecule has 3 rings (SSSR count). The second-order valence-corrected chi connectivity index (χ2v) is 5.13. The Bertz CT molecular complexity index is 617. The molecule has 0 bridgehead atoms. The van der Waals surface area contributed by atoms with Crippen LogP contribution in [0.3, 0.4) is 0 Å². The summed E-state index contributed by atoms with van der Waals surface area (Å²) >= 11 is 0. The Morgan fingerprint density at radius 1 is 1.22 bits per heavy atom. The zero-order valence-corrected chi connectivity index (χ0v) is 10.6. The Balaban J connectivity index is 2.12. The first-order valence-electron chi connectivity index (χ1n) is 6.26. The highest BCUT2D eigenvalue weighted by Crippen LogP contribution is 2.55. The molecule has 0 heterocycles. The minimum atomic E-state index is -0.404. The fourth-order valence-corrected chi connectivity index (χ4v) is 2.88. The van der Waals surface area contributed by atoms with Crippen molar-refractivity contribution >= 4 is 16.7 Å². The SMILES string of the molecule is COC(=O)C1(c2ccc3ccccc3c2)CC1C. The van der Waals surface area contributed by atoms with E-state index in [1.54, 1.807) is 0 Å². The molecule has 2 aromatic carbocycles. The zero-order chi connectivity index (χ0) is 12.8. The molecule has 2 heteroatoms. The van der Waals surface area contributed by atoms with Crippen LogP contribution in [-0.2, 0) is 14.9 Å². The normalized spacial score (nSPS) is 26.0. The van der Waals surface area contributed by atoms with Crippen LogP contribution in [0.5, 0.6) is 0 Å². The van der Waals surface area contributed by atoms with Crippen molar-refractivity contribution in [3.63, 3.8) is 0 Å². The predicted octanol–water partition coefficient (Wildman–Crippen LogP) is 3.29. The maximum Gasteiger partial charge on any atom is 0.316 e. The summed E-state index contributed by atoms with van der Waals surface area (Å²) in [5.41, 5.74) is 0.680. The summed E-state index contributed by atoms with van der Waals surface area (Å²) in [5.74, 6) is 0.261. The van der Waals surface area contributed by atoms with Gasteiger partial charge in [0.1, 0.15) is 0 Å². The number of hydrogen-bond donors (Lipinski definition) is 0. The van der Waals surface area contributed by atoms with Crippen LogP contribution in [0.4, 0.5) is 0 Å². The lowest BCUT2D eigenvalue weighted by molar-refractivity contribution is -0.144. The lowest BCUT2D eigenvalue weighted by Gasteiger charge is -2.15. The van der Waals surface area contributed by atoms with Gasteiger partial charge in [-0.1, -0.05) is 43.3 Å². The fraction of sp³-hybridized carbons (Fsp3) is 0.312. The maximum atomic E-state index is 12.0. The summed E-state index contributed by atoms with van der Waals surface area (Å²) in [4.78, 5) is 12.0. The third-order valence-corrected chi connectivity index (χ3v) is 4.12. The van der Waals surface area contributed by atoms with E-state index < -0.39 is 5.41 Å². The van der Waals surface area contributed by atoms with Crippen molar-refractivity contribution in [2.24, 2.45) is 5.92 Å². The Morgan fingerprint density at radius 2 is 1.89 bits per heavy atom. The van der Waals surface area contributed by atoms with Gasteiger partial charge >= 0.3 is 5.97 Å². The van der Waals surface area contributed by atoms with Gasteiger partial charge in [0.05, 0.1) is 12.5 Å². The molecule has 1 aliphatic rings. The Kier molecular flexibility index (Phi) is 2.40. The van der Waals surface area contributed by atoms with Crippen molar-refractivity contribution in [1.82, 2.24) is 0 Å². The van der Waals surface area contributed by atoms with Gasteiger partial charge in [-0.25, -0.2) is 0 Å². The number of carbonyl (C=O) groups excluding carboxylic acids is 1. The van der Waals surface area contributed by atoms with E-state index in [1.807, 2.05) is 12.1 Å². The summed E-state index contributed by atoms with van der Waals surface area (Å²) in [6, 6.07) is 14.5. The molecule has 18 heavy (non-hydrogen) atoms. The number of fused-ring (bicyclic) bond motifs is 1. The van der Waals surface area contributed by atoms with E-state index in [0.717, 1.165) is 12.0 Å². The molecule has 2 aromatic rings. The van der Waals surface area contributed by atoms with E-state index in [1.165, 1.54) is 17.9 Å². The van der Waals surface area contributed by atoms with Gasteiger partial charge in [0.25, 0.3) is 0 Å². The van der Waals surface area contributed by atoms with Gasteiger partial charge < -0.3 is 4.74 Å². The van der Waals surface area contributed by atoms with Gasteiger partial charge in [-0.3, -0.25) is 4.79 Å². The monoisotopic (exact) mass is 240 g/mol. The van der Waals surface area contributed by atoms with E-state index >= 15 is 0 Å². The molecule has 1 saturated carbocycles. The van der Waals surface area contributed by atoms with Gasteiger partial charge in [-0.05, 0) is 34.7 Å². The lowest BCUT2D eigenvalue weighted by atomic mass is 9.91.